The van der Waals surface area contributed by atoms with Gasteiger partial charge in [0.2, 0.25) is 0 Å². The van der Waals surface area contributed by atoms with Crippen molar-refractivity contribution in [2.45, 2.75) is 25.9 Å². The minimum atomic E-state index is -4.26. The summed E-state index contributed by atoms with van der Waals surface area (Å²) in [5.74, 6) is 11.4. The Morgan fingerprint density at radius 1 is 0.647 bits per heavy atom. The number of halogens is 4. The maximum absolute atomic E-state index is 15.0. The third-order valence-corrected chi connectivity index (χ3v) is 5.37. The van der Waals surface area contributed by atoms with Gasteiger partial charge in [-0.05, 0) is 65.4 Å². The Morgan fingerprint density at radius 3 is 1.82 bits per heavy atom. The van der Waals surface area contributed by atoms with E-state index in [4.69, 9.17) is 0 Å². The normalized spacial score (nSPS) is 10.9. The summed E-state index contributed by atoms with van der Waals surface area (Å²) in [6.45, 7) is 2.10. The standard InChI is InChI=1S/C30H20F4/c1-2-21-3-5-22(6-4-21)7-10-24-14-18-28-27(19-24)17-16-26(29(28)31)15-13-23-8-11-25(12-9-23)20-30(32,33)34/h3-6,8-9,11-12,14,16-19H,2,20H2,1H3. The first-order chi connectivity index (χ1) is 16.3. The van der Waals surface area contributed by atoms with Gasteiger partial charge in [-0.1, -0.05) is 67.0 Å². The van der Waals surface area contributed by atoms with Crippen LogP contribution in [-0.2, 0) is 12.8 Å². The van der Waals surface area contributed by atoms with Gasteiger partial charge in [-0.2, -0.15) is 13.2 Å². The zero-order chi connectivity index (χ0) is 24.1. The van der Waals surface area contributed by atoms with Crippen molar-refractivity contribution in [3.63, 3.8) is 0 Å². The third kappa shape index (κ3) is 5.85. The highest BCUT2D eigenvalue weighted by Crippen LogP contribution is 2.23. The summed E-state index contributed by atoms with van der Waals surface area (Å²) in [7, 11) is 0. The van der Waals surface area contributed by atoms with E-state index in [0.717, 1.165) is 17.5 Å². The van der Waals surface area contributed by atoms with Crippen LogP contribution in [0.15, 0.2) is 78.9 Å². The topological polar surface area (TPSA) is 0 Å². The first-order valence-electron chi connectivity index (χ1n) is 10.8. The van der Waals surface area contributed by atoms with Crippen LogP contribution in [0.5, 0.6) is 0 Å². The van der Waals surface area contributed by atoms with E-state index in [1.807, 2.05) is 18.2 Å². The molecular weight excluding hydrogens is 436 g/mol. The monoisotopic (exact) mass is 456 g/mol. The van der Waals surface area contributed by atoms with Crippen LogP contribution in [-0.4, -0.2) is 6.18 Å². The lowest BCUT2D eigenvalue weighted by atomic mass is 10.0. The predicted molar refractivity (Wildman–Crippen MR) is 128 cm³/mol. The first kappa shape index (κ1) is 23.1. The highest BCUT2D eigenvalue weighted by atomic mass is 19.4. The minimum absolute atomic E-state index is 0.159. The van der Waals surface area contributed by atoms with Gasteiger partial charge >= 0.3 is 6.18 Å². The van der Waals surface area contributed by atoms with Crippen molar-refractivity contribution in [2.24, 2.45) is 0 Å². The molecule has 0 fully saturated rings. The van der Waals surface area contributed by atoms with Crippen molar-refractivity contribution in [2.75, 3.05) is 0 Å². The predicted octanol–water partition coefficient (Wildman–Crippen LogP) is 7.45. The molecule has 0 aliphatic heterocycles. The third-order valence-electron chi connectivity index (χ3n) is 5.37. The zero-order valence-corrected chi connectivity index (χ0v) is 18.4. The average molecular weight is 456 g/mol. The molecule has 0 heterocycles. The summed E-state index contributed by atoms with van der Waals surface area (Å²) in [4.78, 5) is 0. The van der Waals surface area contributed by atoms with E-state index >= 15 is 4.39 Å². The van der Waals surface area contributed by atoms with E-state index in [1.54, 1.807) is 24.3 Å². The van der Waals surface area contributed by atoms with Crippen LogP contribution >= 0.6 is 0 Å². The fourth-order valence-electron chi connectivity index (χ4n) is 3.51. The maximum Gasteiger partial charge on any atom is 0.393 e. The molecule has 0 N–H and O–H groups in total. The molecule has 0 aliphatic carbocycles. The second-order valence-electron chi connectivity index (χ2n) is 7.90. The lowest BCUT2D eigenvalue weighted by Crippen LogP contribution is -2.11. The summed E-state index contributed by atoms with van der Waals surface area (Å²) in [6.07, 6.45) is -4.27. The Bertz CT molecular complexity index is 1440. The molecule has 0 saturated carbocycles. The van der Waals surface area contributed by atoms with Crippen molar-refractivity contribution >= 4 is 10.8 Å². The fourth-order valence-corrected chi connectivity index (χ4v) is 3.51. The smallest absolute Gasteiger partial charge is 0.205 e. The van der Waals surface area contributed by atoms with Crippen molar-refractivity contribution in [3.8, 4) is 23.7 Å². The molecule has 4 rings (SSSR count). The lowest BCUT2D eigenvalue weighted by Gasteiger charge is -2.05. The summed E-state index contributed by atoms with van der Waals surface area (Å²) >= 11 is 0. The van der Waals surface area contributed by atoms with Crippen LogP contribution in [0, 0.1) is 29.5 Å². The number of hydrogen-bond donors (Lipinski definition) is 0. The quantitative estimate of drug-likeness (QED) is 0.217. The van der Waals surface area contributed by atoms with Crippen molar-refractivity contribution in [1.29, 1.82) is 0 Å². The van der Waals surface area contributed by atoms with E-state index in [2.05, 4.69) is 42.7 Å². The van der Waals surface area contributed by atoms with Crippen LogP contribution < -0.4 is 0 Å². The van der Waals surface area contributed by atoms with Gasteiger partial charge in [0.05, 0.1) is 12.0 Å². The number of benzene rings is 4. The Labute approximate surface area is 196 Å². The molecule has 0 spiro atoms. The molecular formula is C30H20F4. The molecule has 4 heteroatoms. The Balaban J connectivity index is 1.54. The van der Waals surface area contributed by atoms with Gasteiger partial charge < -0.3 is 0 Å². The molecule has 34 heavy (non-hydrogen) atoms. The van der Waals surface area contributed by atoms with E-state index in [0.29, 0.717) is 16.3 Å². The molecule has 168 valence electrons. The highest BCUT2D eigenvalue weighted by molar-refractivity contribution is 5.86. The molecule has 0 radical (unpaired) electrons. The SMILES string of the molecule is CCc1ccc(C#Cc2ccc3c(F)c(C#Cc4ccc(CC(F)(F)F)cc4)ccc3c2)cc1. The zero-order valence-electron chi connectivity index (χ0n) is 18.4. The van der Waals surface area contributed by atoms with Crippen molar-refractivity contribution < 1.29 is 17.6 Å². The molecule has 0 saturated heterocycles. The molecule has 0 aliphatic rings. The van der Waals surface area contributed by atoms with Gasteiger partial charge in [0.15, 0.2) is 0 Å². The van der Waals surface area contributed by atoms with Gasteiger partial charge in [0.25, 0.3) is 0 Å². The van der Waals surface area contributed by atoms with Gasteiger partial charge in [-0.15, -0.1) is 0 Å². The molecule has 0 atom stereocenters. The molecule has 0 aromatic heterocycles. The van der Waals surface area contributed by atoms with Gasteiger partial charge in [-0.3, -0.25) is 0 Å². The van der Waals surface area contributed by atoms with E-state index in [9.17, 15) is 13.2 Å². The Kier molecular flexibility index (Phi) is 6.71. The van der Waals surface area contributed by atoms with Crippen LogP contribution in [0.3, 0.4) is 0 Å². The largest absolute Gasteiger partial charge is 0.393 e. The van der Waals surface area contributed by atoms with Crippen LogP contribution in [0.2, 0.25) is 0 Å². The fraction of sp³-hybridized carbons (Fsp3) is 0.133. The number of rotatable bonds is 2. The number of hydrogen-bond acceptors (Lipinski definition) is 0. The second-order valence-corrected chi connectivity index (χ2v) is 7.90. The van der Waals surface area contributed by atoms with Crippen LogP contribution in [0.25, 0.3) is 10.8 Å². The number of alkyl halides is 3. The molecule has 4 aromatic rings. The minimum Gasteiger partial charge on any atom is -0.205 e. The molecule has 0 unspecified atom stereocenters. The van der Waals surface area contributed by atoms with E-state index in [-0.39, 0.29) is 11.1 Å². The van der Waals surface area contributed by atoms with Gasteiger partial charge in [0, 0.05) is 22.1 Å². The van der Waals surface area contributed by atoms with E-state index < -0.39 is 18.4 Å². The Morgan fingerprint density at radius 2 is 1.21 bits per heavy atom. The van der Waals surface area contributed by atoms with Crippen LogP contribution in [0.1, 0.15) is 40.3 Å². The summed E-state index contributed by atoms with van der Waals surface area (Å²) in [5.41, 5.74) is 3.85. The highest BCUT2D eigenvalue weighted by Gasteiger charge is 2.27. The summed E-state index contributed by atoms with van der Waals surface area (Å²) in [6, 6.07) is 22.6. The van der Waals surface area contributed by atoms with Crippen molar-refractivity contribution in [3.05, 3.63) is 118 Å². The molecule has 0 nitrogen and oxygen atoms in total. The van der Waals surface area contributed by atoms with Gasteiger partial charge in [0.1, 0.15) is 5.82 Å². The number of aryl methyl sites for hydroxylation is 1. The lowest BCUT2D eigenvalue weighted by molar-refractivity contribution is -0.127. The Hall–Kier alpha value is -4.02. The van der Waals surface area contributed by atoms with Crippen molar-refractivity contribution in [1.82, 2.24) is 0 Å². The summed E-state index contributed by atoms with van der Waals surface area (Å²) < 4.78 is 52.4. The maximum atomic E-state index is 15.0. The van der Waals surface area contributed by atoms with E-state index in [1.165, 1.54) is 29.8 Å². The van der Waals surface area contributed by atoms with Gasteiger partial charge in [-0.25, -0.2) is 4.39 Å². The first-order valence-corrected chi connectivity index (χ1v) is 10.8. The molecule has 0 bridgehead atoms. The average Bonchev–Trinajstić information content (AvgIpc) is 2.82. The molecule has 0 amide bonds. The molecule has 4 aromatic carbocycles. The second kappa shape index (κ2) is 9.86. The van der Waals surface area contributed by atoms with Crippen LogP contribution in [0.4, 0.5) is 17.6 Å². The number of fused-ring (bicyclic) bond motifs is 1. The summed E-state index contributed by atoms with van der Waals surface area (Å²) in [5, 5.41) is 1.15.